The molecule has 2 aromatic rings. The summed E-state index contributed by atoms with van der Waals surface area (Å²) in [6.45, 7) is 17.3. The lowest BCUT2D eigenvalue weighted by molar-refractivity contribution is 0.552. The Bertz CT molecular complexity index is 667. The second kappa shape index (κ2) is 15.3. The first-order valence-corrected chi connectivity index (χ1v) is 9.48. The van der Waals surface area contributed by atoms with E-state index in [2.05, 4.69) is 47.9 Å². The third-order valence-electron chi connectivity index (χ3n) is 3.90. The quantitative estimate of drug-likeness (QED) is 0.424. The van der Waals surface area contributed by atoms with E-state index in [1.807, 2.05) is 65.2 Å². The average molecular weight is 437 g/mol. The average Bonchev–Trinajstić information content (AvgIpc) is 2.66. The molecule has 0 aliphatic carbocycles. The van der Waals surface area contributed by atoms with Crippen molar-refractivity contribution in [1.29, 1.82) is 0 Å². The van der Waals surface area contributed by atoms with Gasteiger partial charge in [-0.2, -0.15) is 0 Å². The molecule has 27 heavy (non-hydrogen) atoms. The van der Waals surface area contributed by atoms with Crippen molar-refractivity contribution in [2.45, 2.75) is 61.8 Å². The molecular weight excluding hydrogens is 400 g/mol. The zero-order chi connectivity index (χ0) is 20.1. The van der Waals surface area contributed by atoms with Gasteiger partial charge in [0, 0.05) is 31.2 Å². The third-order valence-corrected chi connectivity index (χ3v) is 3.90. The van der Waals surface area contributed by atoms with E-state index in [-0.39, 0.29) is 17.0 Å². The normalized spacial score (nSPS) is 9.52. The summed E-state index contributed by atoms with van der Waals surface area (Å²) in [5, 5.41) is 0. The third kappa shape index (κ3) is 10.9. The van der Waals surface area contributed by atoms with Crippen LogP contribution >= 0.6 is 17.0 Å². The zero-order valence-electron chi connectivity index (χ0n) is 18.5. The van der Waals surface area contributed by atoms with Gasteiger partial charge in [0.15, 0.2) is 0 Å². The minimum absolute atomic E-state index is 0. The van der Waals surface area contributed by atoms with Crippen molar-refractivity contribution in [2.75, 3.05) is 13.6 Å². The van der Waals surface area contributed by atoms with Crippen LogP contribution in [0.25, 0.3) is 0 Å². The molecule has 0 aromatic carbocycles. The van der Waals surface area contributed by atoms with Crippen molar-refractivity contribution in [2.24, 2.45) is 4.99 Å². The predicted molar refractivity (Wildman–Crippen MR) is 125 cm³/mol. The fourth-order valence-corrected chi connectivity index (χ4v) is 1.89. The monoisotopic (exact) mass is 436 g/mol. The number of aromatic nitrogens is 2. The Morgan fingerprint density at radius 2 is 1.67 bits per heavy atom. The molecule has 0 fully saturated rings. The molecule has 0 amide bonds. The van der Waals surface area contributed by atoms with Gasteiger partial charge in [0.2, 0.25) is 0 Å². The molecule has 5 heteroatoms. The van der Waals surface area contributed by atoms with Gasteiger partial charge in [0.25, 0.3) is 0 Å². The van der Waals surface area contributed by atoms with Crippen molar-refractivity contribution < 1.29 is 0 Å². The molecule has 2 rings (SSSR count). The van der Waals surface area contributed by atoms with Crippen molar-refractivity contribution in [1.82, 2.24) is 14.9 Å². The maximum Gasteiger partial charge on any atom is 0.0910 e. The molecule has 152 valence electrons. The van der Waals surface area contributed by atoms with Crippen LogP contribution in [0.15, 0.2) is 29.4 Å². The van der Waals surface area contributed by atoms with Crippen LogP contribution in [-0.2, 0) is 6.42 Å². The second-order valence-corrected chi connectivity index (χ2v) is 5.97. The maximum absolute atomic E-state index is 4.44. The van der Waals surface area contributed by atoms with Gasteiger partial charge >= 0.3 is 0 Å². The van der Waals surface area contributed by atoms with E-state index in [1.54, 1.807) is 0 Å². The molecule has 0 atom stereocenters. The van der Waals surface area contributed by atoms with Crippen molar-refractivity contribution in [3.05, 3.63) is 52.6 Å². The largest absolute Gasteiger partial charge is 0.366 e. The number of rotatable bonds is 4. The fourth-order valence-electron chi connectivity index (χ4n) is 1.89. The van der Waals surface area contributed by atoms with Gasteiger partial charge in [0.1, 0.15) is 0 Å². The van der Waals surface area contributed by atoms with Crippen LogP contribution in [0.5, 0.6) is 0 Å². The number of pyridine rings is 2. The number of hydrogen-bond donors (Lipinski definition) is 0. The molecule has 0 saturated heterocycles. The van der Waals surface area contributed by atoms with Crippen LogP contribution in [0.2, 0.25) is 0 Å². The van der Waals surface area contributed by atoms with Gasteiger partial charge in [0.05, 0.1) is 17.7 Å². The Hall–Kier alpha value is -1.75. The Kier molecular flexibility index (Phi) is 15.6. The number of aryl methyl sites for hydroxylation is 5. The smallest absolute Gasteiger partial charge is 0.0910 e. The molecule has 0 bridgehead atoms. The maximum atomic E-state index is 4.44. The first-order chi connectivity index (χ1) is 12.4. The summed E-state index contributed by atoms with van der Waals surface area (Å²) >= 11 is 0. The Balaban J connectivity index is 0. The molecule has 0 N–H and O–H groups in total. The van der Waals surface area contributed by atoms with Crippen LogP contribution in [0, 0.1) is 27.7 Å². The predicted octanol–water partition coefficient (Wildman–Crippen LogP) is 6.17. The SMILES string of the molecule is Br.CC.CCN(C)C=Nc1cc(C)c(C)nc1C.CCc1ccc(C)nc1. The lowest BCUT2D eigenvalue weighted by Gasteiger charge is -2.09. The zero-order valence-corrected chi connectivity index (χ0v) is 20.2. The molecular formula is C22H37BrN4. The van der Waals surface area contributed by atoms with Crippen molar-refractivity contribution >= 4 is 29.0 Å². The van der Waals surface area contributed by atoms with Crippen LogP contribution in [0.4, 0.5) is 5.69 Å². The van der Waals surface area contributed by atoms with Gasteiger partial charge in [-0.05, 0) is 64.3 Å². The van der Waals surface area contributed by atoms with E-state index in [0.717, 1.165) is 35.7 Å². The highest BCUT2D eigenvalue weighted by atomic mass is 79.9. The molecule has 0 aliphatic rings. The molecule has 0 aliphatic heterocycles. The topological polar surface area (TPSA) is 41.4 Å². The highest BCUT2D eigenvalue weighted by molar-refractivity contribution is 8.93. The highest BCUT2D eigenvalue weighted by Crippen LogP contribution is 2.19. The van der Waals surface area contributed by atoms with Gasteiger partial charge in [-0.1, -0.05) is 26.8 Å². The van der Waals surface area contributed by atoms with E-state index >= 15 is 0 Å². The Morgan fingerprint density at radius 1 is 1.04 bits per heavy atom. The summed E-state index contributed by atoms with van der Waals surface area (Å²) < 4.78 is 0. The summed E-state index contributed by atoms with van der Waals surface area (Å²) in [4.78, 5) is 15.0. The minimum atomic E-state index is 0. The van der Waals surface area contributed by atoms with Crippen molar-refractivity contribution in [3.8, 4) is 0 Å². The lowest BCUT2D eigenvalue weighted by atomic mass is 10.2. The van der Waals surface area contributed by atoms with Gasteiger partial charge in [-0.3, -0.25) is 9.97 Å². The summed E-state index contributed by atoms with van der Waals surface area (Å²) in [6, 6.07) is 6.23. The molecule has 2 aromatic heterocycles. The Morgan fingerprint density at radius 3 is 2.15 bits per heavy atom. The van der Waals surface area contributed by atoms with Crippen molar-refractivity contribution in [3.63, 3.8) is 0 Å². The fraction of sp³-hybridized carbons (Fsp3) is 0.500. The van der Waals surface area contributed by atoms with Gasteiger partial charge in [-0.15, -0.1) is 17.0 Å². The summed E-state index contributed by atoms with van der Waals surface area (Å²) in [7, 11) is 2.01. The summed E-state index contributed by atoms with van der Waals surface area (Å²) in [6.07, 6.45) is 4.85. The lowest BCUT2D eigenvalue weighted by Crippen LogP contribution is -2.14. The second-order valence-electron chi connectivity index (χ2n) is 5.97. The highest BCUT2D eigenvalue weighted by Gasteiger charge is 2.01. The molecule has 0 spiro atoms. The van der Waals surface area contributed by atoms with E-state index in [4.69, 9.17) is 0 Å². The first kappa shape index (κ1) is 27.5. The number of nitrogens with zero attached hydrogens (tertiary/aromatic N) is 4. The molecule has 2 heterocycles. The van der Waals surface area contributed by atoms with Gasteiger partial charge in [-0.25, -0.2) is 4.99 Å². The van der Waals surface area contributed by atoms with Crippen LogP contribution < -0.4 is 0 Å². The van der Waals surface area contributed by atoms with Gasteiger partial charge < -0.3 is 4.90 Å². The van der Waals surface area contributed by atoms with Crippen LogP contribution in [0.1, 0.15) is 55.9 Å². The van der Waals surface area contributed by atoms with E-state index in [0.29, 0.717) is 0 Å². The summed E-state index contributed by atoms with van der Waals surface area (Å²) in [5.74, 6) is 0. The number of halogens is 1. The molecule has 4 nitrogen and oxygen atoms in total. The van der Waals surface area contributed by atoms with E-state index in [9.17, 15) is 0 Å². The summed E-state index contributed by atoms with van der Waals surface area (Å²) in [5.41, 5.74) is 6.60. The number of aliphatic imine (C=N–C) groups is 1. The molecule has 0 saturated carbocycles. The molecule has 0 unspecified atom stereocenters. The van der Waals surface area contributed by atoms with E-state index in [1.165, 1.54) is 11.1 Å². The Labute approximate surface area is 176 Å². The standard InChI is InChI=1S/C12H19N3.C8H11N.C2H6.BrH/c1-6-15(5)8-13-12-7-9(2)10(3)14-11(12)4;1-3-8-5-4-7(2)9-6-8;1-2;/h7-8H,6H2,1-5H3;4-6H,3H2,1-2H3;1-2H3;1H. The molecule has 0 radical (unpaired) electrons. The first-order valence-electron chi connectivity index (χ1n) is 9.48. The number of hydrogen-bond acceptors (Lipinski definition) is 3. The van der Waals surface area contributed by atoms with Crippen LogP contribution in [-0.4, -0.2) is 34.8 Å². The van der Waals surface area contributed by atoms with E-state index < -0.39 is 0 Å². The van der Waals surface area contributed by atoms with Crippen LogP contribution in [0.3, 0.4) is 0 Å². The minimum Gasteiger partial charge on any atom is -0.366 e.